The van der Waals surface area contributed by atoms with Gasteiger partial charge in [0.1, 0.15) is 22.8 Å². The van der Waals surface area contributed by atoms with Crippen molar-refractivity contribution in [3.8, 4) is 0 Å². The van der Waals surface area contributed by atoms with Crippen LogP contribution in [0.5, 0.6) is 0 Å². The summed E-state index contributed by atoms with van der Waals surface area (Å²) in [5.41, 5.74) is 2.09. The highest BCUT2D eigenvalue weighted by atomic mass is 32.2. The quantitative estimate of drug-likeness (QED) is 0.846. The molecule has 0 fully saturated rings. The second-order valence-corrected chi connectivity index (χ2v) is 6.76. The zero-order chi connectivity index (χ0) is 14.3. The van der Waals surface area contributed by atoms with Gasteiger partial charge >= 0.3 is 0 Å². The maximum absolute atomic E-state index is 5.59. The molecule has 3 rings (SSSR count). The summed E-state index contributed by atoms with van der Waals surface area (Å²) in [5.74, 6) is 1.79. The first-order chi connectivity index (χ1) is 9.54. The van der Waals surface area contributed by atoms with Crippen LogP contribution in [0, 0.1) is 5.41 Å². The van der Waals surface area contributed by atoms with E-state index in [4.69, 9.17) is 9.73 Å². The van der Waals surface area contributed by atoms with Crippen molar-refractivity contribution in [2.75, 3.05) is 19.5 Å². The molecule has 5 nitrogen and oxygen atoms in total. The first-order valence-corrected chi connectivity index (χ1v) is 7.41. The Hall–Kier alpha value is -1.56. The molecule has 0 saturated heterocycles. The second-order valence-electron chi connectivity index (χ2n) is 5.76. The van der Waals surface area contributed by atoms with Crippen molar-refractivity contribution in [3.63, 3.8) is 0 Å². The van der Waals surface area contributed by atoms with Crippen LogP contribution in [0.15, 0.2) is 27.0 Å². The van der Waals surface area contributed by atoms with Crippen LogP contribution < -0.4 is 5.32 Å². The molecule has 0 amide bonds. The Balaban J connectivity index is 2.15. The predicted molar refractivity (Wildman–Crippen MR) is 81.6 cm³/mol. The number of nitrogens with one attached hydrogen (secondary N) is 1. The van der Waals surface area contributed by atoms with Crippen molar-refractivity contribution in [1.82, 2.24) is 9.97 Å². The lowest BCUT2D eigenvalue weighted by molar-refractivity contribution is 0.224. The molecule has 106 valence electrons. The average molecular weight is 290 g/mol. The van der Waals surface area contributed by atoms with Gasteiger partial charge in [-0.15, -0.1) is 0 Å². The molecule has 1 aliphatic heterocycles. The first-order valence-electron chi connectivity index (χ1n) is 6.60. The standard InChI is InChI=1S/C14H18N4OS/c1-14(2)5-8-11(9(6-14)19-4)20-13-10(18-8)12(15-3)16-7-17-13/h7H,5-6H2,1-4H3,(H,15,16,17). The largest absolute Gasteiger partial charge is 0.500 e. The smallest absolute Gasteiger partial charge is 0.156 e. The van der Waals surface area contributed by atoms with E-state index >= 15 is 0 Å². The lowest BCUT2D eigenvalue weighted by Crippen LogP contribution is -2.26. The fourth-order valence-corrected chi connectivity index (χ4v) is 3.63. The molecule has 1 aromatic heterocycles. The third-order valence-electron chi connectivity index (χ3n) is 3.52. The molecule has 0 bridgehead atoms. The van der Waals surface area contributed by atoms with Gasteiger partial charge in [-0.25, -0.2) is 15.0 Å². The van der Waals surface area contributed by atoms with Crippen LogP contribution >= 0.6 is 11.8 Å². The number of aromatic nitrogens is 2. The third-order valence-corrected chi connectivity index (χ3v) is 4.68. The Bertz CT molecular complexity index is 622. The van der Waals surface area contributed by atoms with Gasteiger partial charge in [0.15, 0.2) is 5.82 Å². The lowest BCUT2D eigenvalue weighted by Gasteiger charge is -2.34. The Kier molecular flexibility index (Phi) is 3.20. The van der Waals surface area contributed by atoms with Crippen LogP contribution in [-0.4, -0.2) is 29.8 Å². The summed E-state index contributed by atoms with van der Waals surface area (Å²) in [6.45, 7) is 4.48. The summed E-state index contributed by atoms with van der Waals surface area (Å²) in [4.78, 5) is 14.5. The van der Waals surface area contributed by atoms with Crippen molar-refractivity contribution in [1.29, 1.82) is 0 Å². The van der Waals surface area contributed by atoms with E-state index in [1.165, 1.54) is 0 Å². The van der Waals surface area contributed by atoms with Crippen molar-refractivity contribution in [3.05, 3.63) is 17.0 Å². The highest BCUT2D eigenvalue weighted by Gasteiger charge is 2.36. The van der Waals surface area contributed by atoms with Crippen LogP contribution in [0.3, 0.4) is 0 Å². The van der Waals surface area contributed by atoms with Crippen molar-refractivity contribution < 1.29 is 4.74 Å². The molecule has 0 unspecified atom stereocenters. The van der Waals surface area contributed by atoms with Crippen molar-refractivity contribution in [2.24, 2.45) is 10.4 Å². The molecule has 0 radical (unpaired) electrons. The van der Waals surface area contributed by atoms with E-state index in [0.717, 1.165) is 45.7 Å². The maximum Gasteiger partial charge on any atom is 0.156 e. The van der Waals surface area contributed by atoms with Crippen molar-refractivity contribution in [2.45, 2.75) is 31.7 Å². The Morgan fingerprint density at radius 1 is 1.30 bits per heavy atom. The molecule has 0 aromatic carbocycles. The van der Waals surface area contributed by atoms with E-state index in [-0.39, 0.29) is 5.41 Å². The number of ether oxygens (including phenoxy) is 1. The van der Waals surface area contributed by atoms with Crippen LogP contribution in [0.25, 0.3) is 0 Å². The lowest BCUT2D eigenvalue weighted by atomic mass is 9.79. The maximum atomic E-state index is 5.59. The number of aliphatic imine (C=N–C) groups is 1. The number of hydrogen-bond donors (Lipinski definition) is 1. The average Bonchev–Trinajstić information content (AvgIpc) is 2.43. The van der Waals surface area contributed by atoms with Gasteiger partial charge in [0.25, 0.3) is 0 Å². The van der Waals surface area contributed by atoms with Gasteiger partial charge in [-0.2, -0.15) is 0 Å². The van der Waals surface area contributed by atoms with Gasteiger partial charge in [-0.3, -0.25) is 0 Å². The second kappa shape index (κ2) is 4.77. The van der Waals surface area contributed by atoms with E-state index in [9.17, 15) is 0 Å². The van der Waals surface area contributed by atoms with Crippen LogP contribution in [-0.2, 0) is 4.74 Å². The van der Waals surface area contributed by atoms with Gasteiger partial charge < -0.3 is 10.1 Å². The van der Waals surface area contributed by atoms with E-state index in [0.29, 0.717) is 0 Å². The molecule has 0 atom stereocenters. The minimum atomic E-state index is 0.168. The van der Waals surface area contributed by atoms with Gasteiger partial charge in [-0.05, 0) is 11.8 Å². The third kappa shape index (κ3) is 2.18. The van der Waals surface area contributed by atoms with E-state index < -0.39 is 0 Å². The Labute approximate surface area is 123 Å². The van der Waals surface area contributed by atoms with E-state index in [1.54, 1.807) is 25.2 Å². The van der Waals surface area contributed by atoms with E-state index in [1.807, 2.05) is 7.05 Å². The molecule has 1 aromatic rings. The zero-order valence-electron chi connectivity index (χ0n) is 12.1. The normalized spacial score (nSPS) is 19.9. The molecule has 6 heteroatoms. The van der Waals surface area contributed by atoms with Crippen LogP contribution in [0.4, 0.5) is 11.5 Å². The number of methoxy groups -OCH3 is 1. The van der Waals surface area contributed by atoms with Gasteiger partial charge in [0, 0.05) is 13.5 Å². The fraction of sp³-hybridized carbons (Fsp3) is 0.500. The fourth-order valence-electron chi connectivity index (χ4n) is 2.60. The highest BCUT2D eigenvalue weighted by molar-refractivity contribution is 8.04. The minimum absolute atomic E-state index is 0.168. The molecule has 0 spiro atoms. The molecular weight excluding hydrogens is 272 g/mol. The zero-order valence-corrected chi connectivity index (χ0v) is 13.0. The topological polar surface area (TPSA) is 59.4 Å². The summed E-state index contributed by atoms with van der Waals surface area (Å²) >= 11 is 1.64. The predicted octanol–water partition coefficient (Wildman–Crippen LogP) is 3.37. The number of anilines is 1. The number of thioether (sulfide) groups is 1. The molecule has 2 heterocycles. The molecule has 1 N–H and O–H groups in total. The number of hydrogen-bond acceptors (Lipinski definition) is 6. The van der Waals surface area contributed by atoms with Gasteiger partial charge in [0.05, 0.1) is 17.7 Å². The summed E-state index contributed by atoms with van der Waals surface area (Å²) in [7, 11) is 3.58. The van der Waals surface area contributed by atoms with Gasteiger partial charge in [-0.1, -0.05) is 25.6 Å². The summed E-state index contributed by atoms with van der Waals surface area (Å²) in [6, 6.07) is 0. The van der Waals surface area contributed by atoms with Crippen LogP contribution in [0.1, 0.15) is 26.7 Å². The molecule has 1 aliphatic carbocycles. The number of rotatable bonds is 2. The number of nitrogens with zero attached hydrogens (tertiary/aromatic N) is 3. The SMILES string of the molecule is CNc1ncnc2c1N=C1CC(C)(C)CC(OC)=C1S2. The minimum Gasteiger partial charge on any atom is -0.500 e. The molecule has 2 aliphatic rings. The number of fused-ring (bicyclic) bond motifs is 2. The molecule has 20 heavy (non-hydrogen) atoms. The Morgan fingerprint density at radius 2 is 2.10 bits per heavy atom. The summed E-state index contributed by atoms with van der Waals surface area (Å²) < 4.78 is 5.59. The Morgan fingerprint density at radius 3 is 2.80 bits per heavy atom. The summed E-state index contributed by atoms with van der Waals surface area (Å²) in [6.07, 6.45) is 3.45. The number of allylic oxidation sites excluding steroid dienone is 2. The highest BCUT2D eigenvalue weighted by Crippen LogP contribution is 2.49. The van der Waals surface area contributed by atoms with Crippen molar-refractivity contribution >= 4 is 29.0 Å². The molecule has 0 saturated carbocycles. The van der Waals surface area contributed by atoms with E-state index in [2.05, 4.69) is 29.1 Å². The monoisotopic (exact) mass is 290 g/mol. The summed E-state index contributed by atoms with van der Waals surface area (Å²) in [5, 5.41) is 3.96. The van der Waals surface area contributed by atoms with Crippen LogP contribution in [0.2, 0.25) is 0 Å². The molecular formula is C14H18N4OS. The first kappa shape index (κ1) is 13.4. The van der Waals surface area contributed by atoms with Gasteiger partial charge in [0.2, 0.25) is 0 Å².